The minimum Gasteiger partial charge on any atom is -0.368 e. The van der Waals surface area contributed by atoms with Gasteiger partial charge in [0, 0.05) is 17.3 Å². The van der Waals surface area contributed by atoms with Crippen LogP contribution in [0.2, 0.25) is 5.02 Å². The van der Waals surface area contributed by atoms with Gasteiger partial charge in [-0.2, -0.15) is 0 Å². The molecule has 2 aliphatic rings. The zero-order valence-electron chi connectivity index (χ0n) is 13.3. The van der Waals surface area contributed by atoms with E-state index in [4.69, 9.17) is 16.3 Å². The highest BCUT2D eigenvalue weighted by Crippen LogP contribution is 2.30. The SMILES string of the molecule is Cc1ccc(NC(=O)N2CC[C@H]3[C@H](C2)OCc2cnnn23)cc1Cl. The molecular weight excluding hydrogens is 330 g/mol. The number of rotatable bonds is 1. The Morgan fingerprint density at radius 3 is 3.17 bits per heavy atom. The average molecular weight is 348 g/mol. The van der Waals surface area contributed by atoms with Crippen molar-refractivity contribution >= 4 is 23.3 Å². The number of benzene rings is 1. The maximum Gasteiger partial charge on any atom is 0.321 e. The molecule has 2 aliphatic heterocycles. The van der Waals surface area contributed by atoms with Gasteiger partial charge in [0.25, 0.3) is 0 Å². The number of amides is 2. The van der Waals surface area contributed by atoms with Crippen LogP contribution < -0.4 is 5.32 Å². The van der Waals surface area contributed by atoms with Crippen molar-refractivity contribution in [2.75, 3.05) is 18.4 Å². The van der Waals surface area contributed by atoms with E-state index in [2.05, 4.69) is 15.6 Å². The molecule has 0 bridgehead atoms. The van der Waals surface area contributed by atoms with Gasteiger partial charge in [0.05, 0.1) is 37.2 Å². The Balaban J connectivity index is 1.43. The molecule has 0 radical (unpaired) electrons. The topological polar surface area (TPSA) is 72.3 Å². The van der Waals surface area contributed by atoms with Gasteiger partial charge < -0.3 is 15.0 Å². The molecule has 0 unspecified atom stereocenters. The van der Waals surface area contributed by atoms with E-state index < -0.39 is 0 Å². The molecule has 1 aromatic heterocycles. The van der Waals surface area contributed by atoms with Gasteiger partial charge in [0.15, 0.2) is 0 Å². The van der Waals surface area contributed by atoms with Crippen LogP contribution in [0.15, 0.2) is 24.4 Å². The van der Waals surface area contributed by atoms with Crippen LogP contribution in [0, 0.1) is 6.92 Å². The summed E-state index contributed by atoms with van der Waals surface area (Å²) in [7, 11) is 0. The summed E-state index contributed by atoms with van der Waals surface area (Å²) in [5.74, 6) is 0. The molecule has 0 spiro atoms. The number of nitrogens with one attached hydrogen (secondary N) is 1. The van der Waals surface area contributed by atoms with Gasteiger partial charge in [-0.05, 0) is 31.0 Å². The number of carbonyl (C=O) groups is 1. The molecule has 2 aromatic rings. The summed E-state index contributed by atoms with van der Waals surface area (Å²) in [6.45, 7) is 3.60. The highest BCUT2D eigenvalue weighted by atomic mass is 35.5. The Kier molecular flexibility index (Phi) is 3.90. The lowest BCUT2D eigenvalue weighted by Gasteiger charge is -2.40. The van der Waals surface area contributed by atoms with Gasteiger partial charge in [0.2, 0.25) is 0 Å². The summed E-state index contributed by atoms with van der Waals surface area (Å²) >= 11 is 6.11. The first-order valence-corrected chi connectivity index (χ1v) is 8.32. The van der Waals surface area contributed by atoms with E-state index in [0.717, 1.165) is 17.7 Å². The molecule has 24 heavy (non-hydrogen) atoms. The Hall–Kier alpha value is -2.12. The molecule has 3 heterocycles. The third-order valence-electron chi connectivity index (χ3n) is 4.64. The molecule has 1 N–H and O–H groups in total. The summed E-state index contributed by atoms with van der Waals surface area (Å²) < 4.78 is 7.82. The summed E-state index contributed by atoms with van der Waals surface area (Å²) in [4.78, 5) is 14.3. The number of ether oxygens (including phenoxy) is 1. The molecule has 0 aliphatic carbocycles. The predicted molar refractivity (Wildman–Crippen MR) is 89.0 cm³/mol. The number of hydrogen-bond acceptors (Lipinski definition) is 4. The molecular formula is C16H18ClN5O2. The molecule has 4 rings (SSSR count). The van der Waals surface area contributed by atoms with Gasteiger partial charge in [-0.15, -0.1) is 5.10 Å². The van der Waals surface area contributed by atoms with Crippen LogP contribution in [-0.4, -0.2) is 45.1 Å². The van der Waals surface area contributed by atoms with E-state index in [1.807, 2.05) is 23.7 Å². The van der Waals surface area contributed by atoms with Crippen LogP contribution in [0.3, 0.4) is 0 Å². The summed E-state index contributed by atoms with van der Waals surface area (Å²) in [5, 5.41) is 11.6. The quantitative estimate of drug-likeness (QED) is 0.860. The van der Waals surface area contributed by atoms with Gasteiger partial charge in [0.1, 0.15) is 0 Å². The van der Waals surface area contributed by atoms with Crippen molar-refractivity contribution in [2.45, 2.75) is 32.1 Å². The number of hydrogen-bond donors (Lipinski definition) is 1. The number of urea groups is 1. The van der Waals surface area contributed by atoms with E-state index in [9.17, 15) is 4.79 Å². The number of carbonyl (C=O) groups excluding carboxylic acids is 1. The van der Waals surface area contributed by atoms with Crippen LogP contribution in [0.5, 0.6) is 0 Å². The number of aryl methyl sites for hydroxylation is 1. The van der Waals surface area contributed by atoms with Crippen molar-refractivity contribution in [3.05, 3.63) is 40.7 Å². The van der Waals surface area contributed by atoms with Crippen LogP contribution >= 0.6 is 11.6 Å². The van der Waals surface area contributed by atoms with Gasteiger partial charge >= 0.3 is 6.03 Å². The number of halogens is 1. The normalized spacial score (nSPS) is 22.7. The molecule has 7 nitrogen and oxygen atoms in total. The molecule has 2 amide bonds. The maximum absolute atomic E-state index is 12.5. The Morgan fingerprint density at radius 2 is 2.33 bits per heavy atom. The molecule has 1 fully saturated rings. The first-order valence-electron chi connectivity index (χ1n) is 7.94. The van der Waals surface area contributed by atoms with Crippen molar-refractivity contribution in [3.8, 4) is 0 Å². The van der Waals surface area contributed by atoms with E-state index in [-0.39, 0.29) is 18.2 Å². The lowest BCUT2D eigenvalue weighted by atomic mass is 10.0. The molecule has 8 heteroatoms. The first kappa shape index (κ1) is 15.4. The smallest absolute Gasteiger partial charge is 0.321 e. The Labute approximate surface area is 144 Å². The maximum atomic E-state index is 12.5. The van der Waals surface area contributed by atoms with E-state index in [1.54, 1.807) is 17.2 Å². The van der Waals surface area contributed by atoms with Crippen molar-refractivity contribution in [1.29, 1.82) is 0 Å². The second-order valence-electron chi connectivity index (χ2n) is 6.22. The molecule has 2 atom stereocenters. The van der Waals surface area contributed by atoms with E-state index >= 15 is 0 Å². The third-order valence-corrected chi connectivity index (χ3v) is 5.05. The van der Waals surface area contributed by atoms with E-state index in [1.165, 1.54) is 0 Å². The highest BCUT2D eigenvalue weighted by molar-refractivity contribution is 6.31. The second-order valence-corrected chi connectivity index (χ2v) is 6.62. The zero-order valence-corrected chi connectivity index (χ0v) is 14.0. The fourth-order valence-corrected chi connectivity index (χ4v) is 3.43. The first-order chi connectivity index (χ1) is 11.6. The number of likely N-dealkylation sites (tertiary alicyclic amines) is 1. The van der Waals surface area contributed by atoms with Crippen LogP contribution in [0.25, 0.3) is 0 Å². The standard InChI is InChI=1S/C16H18ClN5O2/c1-10-2-3-11(6-13(10)17)19-16(23)21-5-4-14-15(8-21)24-9-12-7-18-20-22(12)14/h2-3,6-7,14-15H,4-5,8-9H2,1H3,(H,19,23)/t14-,15-/m0/s1. The fraction of sp³-hybridized carbons (Fsp3) is 0.438. The second kappa shape index (κ2) is 6.07. The number of nitrogens with zero attached hydrogens (tertiary/aromatic N) is 4. The van der Waals surface area contributed by atoms with Gasteiger partial charge in [-0.3, -0.25) is 0 Å². The highest BCUT2D eigenvalue weighted by Gasteiger charge is 2.37. The fourth-order valence-electron chi connectivity index (χ4n) is 3.25. The summed E-state index contributed by atoms with van der Waals surface area (Å²) in [6, 6.07) is 5.52. The number of piperidine rings is 1. The van der Waals surface area contributed by atoms with Crippen LogP contribution in [-0.2, 0) is 11.3 Å². The molecule has 126 valence electrons. The van der Waals surface area contributed by atoms with Crippen LogP contribution in [0.1, 0.15) is 23.7 Å². The third kappa shape index (κ3) is 2.74. The number of aromatic nitrogens is 3. The monoisotopic (exact) mass is 347 g/mol. The zero-order chi connectivity index (χ0) is 16.7. The predicted octanol–water partition coefficient (Wildman–Crippen LogP) is 2.62. The lowest BCUT2D eigenvalue weighted by molar-refractivity contribution is -0.0595. The van der Waals surface area contributed by atoms with E-state index in [0.29, 0.717) is 30.4 Å². The molecule has 0 saturated carbocycles. The minimum atomic E-state index is -0.138. The molecule has 1 saturated heterocycles. The van der Waals surface area contributed by atoms with Crippen molar-refractivity contribution < 1.29 is 9.53 Å². The minimum absolute atomic E-state index is 0.0553. The number of fused-ring (bicyclic) bond motifs is 3. The average Bonchev–Trinajstić information content (AvgIpc) is 3.06. The Bertz CT molecular complexity index is 778. The van der Waals surface area contributed by atoms with Crippen molar-refractivity contribution in [3.63, 3.8) is 0 Å². The Morgan fingerprint density at radius 1 is 1.46 bits per heavy atom. The lowest BCUT2D eigenvalue weighted by Crippen LogP contribution is -2.51. The number of anilines is 1. The summed E-state index contributed by atoms with van der Waals surface area (Å²) in [5.41, 5.74) is 2.67. The van der Waals surface area contributed by atoms with Crippen molar-refractivity contribution in [1.82, 2.24) is 19.9 Å². The largest absolute Gasteiger partial charge is 0.368 e. The van der Waals surface area contributed by atoms with Crippen molar-refractivity contribution in [2.24, 2.45) is 0 Å². The summed E-state index contributed by atoms with van der Waals surface area (Å²) in [6.07, 6.45) is 2.47. The van der Waals surface area contributed by atoms with Gasteiger partial charge in [-0.1, -0.05) is 22.9 Å². The molecule has 1 aromatic carbocycles. The van der Waals surface area contributed by atoms with Crippen LogP contribution in [0.4, 0.5) is 10.5 Å². The van der Waals surface area contributed by atoms with Gasteiger partial charge in [-0.25, -0.2) is 9.48 Å².